The smallest absolute Gasteiger partial charge is 0.286 e. The molecule has 0 unspecified atom stereocenters. The average molecular weight is 455 g/mol. The van der Waals surface area contributed by atoms with Gasteiger partial charge >= 0.3 is 0 Å². The summed E-state index contributed by atoms with van der Waals surface area (Å²) < 4.78 is 18.4. The fourth-order valence-corrected chi connectivity index (χ4v) is 4.56. The van der Waals surface area contributed by atoms with Gasteiger partial charge in [-0.3, -0.25) is 9.59 Å². The van der Waals surface area contributed by atoms with Crippen LogP contribution in [0.1, 0.15) is 39.1 Å². The Morgan fingerprint density at radius 2 is 1.91 bits per heavy atom. The van der Waals surface area contributed by atoms with Crippen LogP contribution in [0.15, 0.2) is 48.5 Å². The Labute approximate surface area is 189 Å². The largest absolute Gasteiger partial charge is 0.497 e. The molecule has 2 heterocycles. The standard InChI is InChI=1S/C23H23FN4O3S/c1-31-19-7-5-15(6-8-19)13-20(29)28-11-9-16(10-12-28)22-26-27-23(32-22)21(30)25-18-4-2-3-17(24)14-18/h2-8,14,16H,9-13H2,1H3,(H,25,30). The zero-order valence-electron chi connectivity index (χ0n) is 17.6. The number of ether oxygens (including phenoxy) is 1. The summed E-state index contributed by atoms with van der Waals surface area (Å²) in [7, 11) is 1.61. The van der Waals surface area contributed by atoms with E-state index in [9.17, 15) is 14.0 Å². The quantitative estimate of drug-likeness (QED) is 0.611. The van der Waals surface area contributed by atoms with E-state index in [1.165, 1.54) is 29.5 Å². The number of amides is 2. The molecule has 2 aromatic carbocycles. The van der Waals surface area contributed by atoms with Gasteiger partial charge in [0, 0.05) is 24.7 Å². The molecular weight excluding hydrogens is 431 g/mol. The fraction of sp³-hybridized carbons (Fsp3) is 0.304. The van der Waals surface area contributed by atoms with Crippen molar-refractivity contribution >= 4 is 28.8 Å². The van der Waals surface area contributed by atoms with Crippen molar-refractivity contribution in [3.8, 4) is 5.75 Å². The number of carbonyl (C=O) groups is 2. The highest BCUT2D eigenvalue weighted by Crippen LogP contribution is 2.30. The zero-order valence-corrected chi connectivity index (χ0v) is 18.4. The summed E-state index contributed by atoms with van der Waals surface area (Å²) in [4.78, 5) is 26.9. The molecule has 4 rings (SSSR count). The van der Waals surface area contributed by atoms with Crippen molar-refractivity contribution in [2.45, 2.75) is 25.2 Å². The summed E-state index contributed by atoms with van der Waals surface area (Å²) in [5, 5.41) is 11.9. The lowest BCUT2D eigenvalue weighted by Gasteiger charge is -2.31. The van der Waals surface area contributed by atoms with Crippen molar-refractivity contribution in [3.63, 3.8) is 0 Å². The van der Waals surface area contributed by atoms with E-state index >= 15 is 0 Å². The molecule has 1 fully saturated rings. The molecule has 0 aliphatic carbocycles. The number of rotatable bonds is 6. The van der Waals surface area contributed by atoms with Crippen molar-refractivity contribution in [2.75, 3.05) is 25.5 Å². The normalized spacial score (nSPS) is 14.2. The minimum atomic E-state index is -0.422. The first-order valence-electron chi connectivity index (χ1n) is 10.3. The van der Waals surface area contributed by atoms with Crippen molar-refractivity contribution < 1.29 is 18.7 Å². The number of nitrogens with zero attached hydrogens (tertiary/aromatic N) is 3. The van der Waals surface area contributed by atoms with Crippen LogP contribution in [0.4, 0.5) is 10.1 Å². The molecule has 0 bridgehead atoms. The van der Waals surface area contributed by atoms with Gasteiger partial charge in [-0.05, 0) is 48.7 Å². The Morgan fingerprint density at radius 3 is 2.59 bits per heavy atom. The lowest BCUT2D eigenvalue weighted by molar-refractivity contribution is -0.131. The Kier molecular flexibility index (Phi) is 6.75. The predicted octanol–water partition coefficient (Wildman–Crippen LogP) is 3.89. The third kappa shape index (κ3) is 5.28. The van der Waals surface area contributed by atoms with Crippen LogP contribution in [0.3, 0.4) is 0 Å². The van der Waals surface area contributed by atoms with Crippen LogP contribution in [0.5, 0.6) is 5.75 Å². The van der Waals surface area contributed by atoms with Crippen molar-refractivity contribution in [2.24, 2.45) is 0 Å². The van der Waals surface area contributed by atoms with Crippen molar-refractivity contribution in [3.05, 3.63) is 69.9 Å². The summed E-state index contributed by atoms with van der Waals surface area (Å²) in [5.74, 6) is 0.192. The molecule has 1 saturated heterocycles. The average Bonchev–Trinajstić information content (AvgIpc) is 3.30. The zero-order chi connectivity index (χ0) is 22.5. The molecule has 1 N–H and O–H groups in total. The SMILES string of the molecule is COc1ccc(CC(=O)N2CCC(c3nnc(C(=O)Nc4cccc(F)c4)s3)CC2)cc1. The number of hydrogen-bond donors (Lipinski definition) is 1. The Morgan fingerprint density at radius 1 is 1.16 bits per heavy atom. The molecule has 32 heavy (non-hydrogen) atoms. The highest BCUT2D eigenvalue weighted by atomic mass is 32.1. The highest BCUT2D eigenvalue weighted by molar-refractivity contribution is 7.13. The van der Waals surface area contributed by atoms with Crippen LogP contribution < -0.4 is 10.1 Å². The van der Waals surface area contributed by atoms with Gasteiger partial charge < -0.3 is 15.0 Å². The highest BCUT2D eigenvalue weighted by Gasteiger charge is 2.27. The van der Waals surface area contributed by atoms with E-state index in [4.69, 9.17) is 4.74 Å². The first-order valence-corrected chi connectivity index (χ1v) is 11.1. The minimum absolute atomic E-state index is 0.0982. The van der Waals surface area contributed by atoms with Gasteiger partial charge in [0.25, 0.3) is 5.91 Å². The molecule has 0 spiro atoms. The van der Waals surface area contributed by atoms with Gasteiger partial charge in [-0.1, -0.05) is 29.5 Å². The van der Waals surface area contributed by atoms with Gasteiger partial charge in [0.05, 0.1) is 13.5 Å². The van der Waals surface area contributed by atoms with E-state index in [2.05, 4.69) is 15.5 Å². The van der Waals surface area contributed by atoms with Crippen LogP contribution in [0.2, 0.25) is 0 Å². The molecule has 0 saturated carbocycles. The molecule has 0 atom stereocenters. The Hall–Kier alpha value is -3.33. The number of likely N-dealkylation sites (tertiary alicyclic amines) is 1. The summed E-state index contributed by atoms with van der Waals surface area (Å²) in [6.45, 7) is 1.29. The van der Waals surface area contributed by atoms with Gasteiger partial charge in [0.2, 0.25) is 10.9 Å². The third-order valence-corrected chi connectivity index (χ3v) is 6.51. The van der Waals surface area contributed by atoms with E-state index < -0.39 is 11.7 Å². The van der Waals surface area contributed by atoms with E-state index in [1.807, 2.05) is 29.2 Å². The van der Waals surface area contributed by atoms with E-state index in [0.29, 0.717) is 25.2 Å². The lowest BCUT2D eigenvalue weighted by Crippen LogP contribution is -2.38. The monoisotopic (exact) mass is 454 g/mol. The number of halogens is 1. The second-order valence-corrected chi connectivity index (χ2v) is 8.60. The number of methoxy groups -OCH3 is 1. The van der Waals surface area contributed by atoms with E-state index in [1.54, 1.807) is 13.2 Å². The number of piperidine rings is 1. The number of carbonyl (C=O) groups excluding carboxylic acids is 2. The second kappa shape index (κ2) is 9.86. The van der Waals surface area contributed by atoms with E-state index in [-0.39, 0.29) is 16.8 Å². The molecule has 9 heteroatoms. The topological polar surface area (TPSA) is 84.4 Å². The maximum absolute atomic E-state index is 13.3. The van der Waals surface area contributed by atoms with Gasteiger partial charge in [-0.25, -0.2) is 4.39 Å². The number of hydrogen-bond acceptors (Lipinski definition) is 6. The Balaban J connectivity index is 1.30. The minimum Gasteiger partial charge on any atom is -0.497 e. The van der Waals surface area contributed by atoms with Gasteiger partial charge in [-0.2, -0.15) is 0 Å². The van der Waals surface area contributed by atoms with Gasteiger partial charge in [0.15, 0.2) is 0 Å². The predicted molar refractivity (Wildman–Crippen MR) is 120 cm³/mol. The second-order valence-electron chi connectivity index (χ2n) is 7.59. The summed E-state index contributed by atoms with van der Waals surface area (Å²) >= 11 is 1.24. The molecule has 1 aromatic heterocycles. The molecule has 3 aromatic rings. The van der Waals surface area contributed by atoms with Crippen molar-refractivity contribution in [1.82, 2.24) is 15.1 Å². The molecule has 0 radical (unpaired) electrons. The van der Waals surface area contributed by atoms with Crippen molar-refractivity contribution in [1.29, 1.82) is 0 Å². The molecule has 7 nitrogen and oxygen atoms in total. The molecule has 1 aliphatic rings. The maximum Gasteiger partial charge on any atom is 0.286 e. The molecule has 166 valence electrons. The van der Waals surface area contributed by atoms with Crippen LogP contribution in [-0.2, 0) is 11.2 Å². The lowest BCUT2D eigenvalue weighted by atomic mass is 9.97. The Bertz CT molecular complexity index is 1090. The first-order chi connectivity index (χ1) is 15.5. The van der Waals surface area contributed by atoms with Crippen LogP contribution in [-0.4, -0.2) is 47.1 Å². The number of benzene rings is 2. The first kappa shape index (κ1) is 21.9. The van der Waals surface area contributed by atoms with E-state index in [0.717, 1.165) is 29.2 Å². The van der Waals surface area contributed by atoms with Crippen LogP contribution in [0, 0.1) is 5.82 Å². The van der Waals surface area contributed by atoms with Crippen LogP contribution in [0.25, 0.3) is 0 Å². The summed E-state index contributed by atoms with van der Waals surface area (Å²) in [5.41, 5.74) is 1.33. The van der Waals surface area contributed by atoms with Crippen LogP contribution >= 0.6 is 11.3 Å². The fourth-order valence-electron chi connectivity index (χ4n) is 3.65. The number of aromatic nitrogens is 2. The maximum atomic E-state index is 13.3. The van der Waals surface area contributed by atoms with Gasteiger partial charge in [-0.15, -0.1) is 10.2 Å². The summed E-state index contributed by atoms with van der Waals surface area (Å²) in [6, 6.07) is 13.2. The molecular formula is C23H23FN4O3S. The summed E-state index contributed by atoms with van der Waals surface area (Å²) in [6.07, 6.45) is 1.90. The van der Waals surface area contributed by atoms with Gasteiger partial charge in [0.1, 0.15) is 16.6 Å². The molecule has 1 aliphatic heterocycles. The number of nitrogens with one attached hydrogen (secondary N) is 1. The third-order valence-electron chi connectivity index (χ3n) is 5.43. The number of anilines is 1. The molecule has 2 amide bonds.